The lowest BCUT2D eigenvalue weighted by Crippen LogP contribution is -2.42. The fourth-order valence-corrected chi connectivity index (χ4v) is 4.10. The summed E-state index contributed by atoms with van der Waals surface area (Å²) in [5.74, 6) is 0.286. The van der Waals surface area contributed by atoms with Gasteiger partial charge in [0.25, 0.3) is 18.5 Å². The molecule has 1 aliphatic carbocycles. The molecule has 0 N–H and O–H groups in total. The highest BCUT2D eigenvalue weighted by molar-refractivity contribution is 6.24. The van der Waals surface area contributed by atoms with Crippen LogP contribution in [0.4, 0.5) is 22.1 Å². The van der Waals surface area contributed by atoms with E-state index in [0.29, 0.717) is 34.0 Å². The van der Waals surface area contributed by atoms with Crippen LogP contribution in [0, 0.1) is 6.92 Å². The first-order chi connectivity index (χ1) is 16.9. The minimum Gasteiger partial charge on any atom is -0.388 e. The van der Waals surface area contributed by atoms with Gasteiger partial charge in [0.1, 0.15) is 17.1 Å². The van der Waals surface area contributed by atoms with Gasteiger partial charge < -0.3 is 14.5 Å². The van der Waals surface area contributed by atoms with E-state index >= 15 is 0 Å². The first-order valence-electron chi connectivity index (χ1n) is 11.3. The minimum absolute atomic E-state index is 0.160. The molecular weight excluding hydrogens is 448 g/mol. The Morgan fingerprint density at radius 3 is 2.63 bits per heavy atom. The molecule has 0 radical (unpaired) electrons. The maximum absolute atomic E-state index is 13.7. The van der Waals surface area contributed by atoms with Gasteiger partial charge in [0.15, 0.2) is 18.2 Å². The maximum atomic E-state index is 13.7. The van der Waals surface area contributed by atoms with Crippen molar-refractivity contribution in [1.82, 2.24) is 14.9 Å². The molecule has 0 saturated heterocycles. The van der Waals surface area contributed by atoms with Gasteiger partial charge in [0.05, 0.1) is 5.56 Å². The van der Waals surface area contributed by atoms with Crippen LogP contribution in [0.1, 0.15) is 39.1 Å². The molecule has 0 unspecified atom stereocenters. The zero-order chi connectivity index (χ0) is 24.7. The second-order valence-corrected chi connectivity index (χ2v) is 8.76. The molecule has 1 aliphatic heterocycles. The van der Waals surface area contributed by atoms with E-state index in [4.69, 9.17) is 4.74 Å². The summed E-state index contributed by atoms with van der Waals surface area (Å²) < 4.78 is 7.13. The van der Waals surface area contributed by atoms with Crippen molar-refractivity contribution in [1.29, 1.82) is 0 Å². The number of amides is 3. The van der Waals surface area contributed by atoms with E-state index in [9.17, 15) is 14.4 Å². The molecule has 3 aromatic rings. The molecule has 0 spiro atoms. The Labute approximate surface area is 202 Å². The van der Waals surface area contributed by atoms with Crippen molar-refractivity contribution in [2.45, 2.75) is 32.5 Å². The summed E-state index contributed by atoms with van der Waals surface area (Å²) in [6, 6.07) is 8.62. The molecule has 1 fully saturated rings. The van der Waals surface area contributed by atoms with Crippen LogP contribution in [-0.2, 0) is 11.5 Å². The number of rotatable bonds is 4. The van der Waals surface area contributed by atoms with Crippen molar-refractivity contribution in [2.24, 2.45) is 0 Å². The predicted octanol–water partition coefficient (Wildman–Crippen LogP) is 2.83. The second-order valence-electron chi connectivity index (χ2n) is 8.76. The summed E-state index contributed by atoms with van der Waals surface area (Å²) in [5, 5.41) is 0. The summed E-state index contributed by atoms with van der Waals surface area (Å²) in [5.41, 5.74) is 1.85. The quantitative estimate of drug-likeness (QED) is 0.537. The standard InChI is InChI=1S/C25H25N6O4/c1-16-10-12-27-22-20(16)31(24(33)19-7-4-11-26-21(19)30(22)18-8-9-18)25(34)35-15-29-13-5-6-17(14-29)23(32)28(2)3/h4-7,10-14,18H,8-9,15H2,1-3H3/q+1. The van der Waals surface area contributed by atoms with Crippen molar-refractivity contribution in [3.05, 3.63) is 71.8 Å². The molecule has 0 atom stereocenters. The van der Waals surface area contributed by atoms with Crippen molar-refractivity contribution < 1.29 is 23.7 Å². The topological polar surface area (TPSA) is 99.8 Å². The van der Waals surface area contributed by atoms with Gasteiger partial charge in [0, 0.05) is 38.6 Å². The number of hydrogen-bond acceptors (Lipinski definition) is 7. The van der Waals surface area contributed by atoms with Gasteiger partial charge >= 0.3 is 6.09 Å². The Bertz CT molecular complexity index is 1340. The highest BCUT2D eigenvalue weighted by atomic mass is 16.6. The molecular formula is C25H25N6O4+. The van der Waals surface area contributed by atoms with Gasteiger partial charge in [-0.2, -0.15) is 4.57 Å². The number of ether oxygens (including phenoxy) is 1. The highest BCUT2D eigenvalue weighted by Gasteiger charge is 2.43. The van der Waals surface area contributed by atoms with Crippen LogP contribution in [0.5, 0.6) is 0 Å². The largest absolute Gasteiger partial charge is 0.426 e. The Morgan fingerprint density at radius 2 is 1.89 bits per heavy atom. The smallest absolute Gasteiger partial charge is 0.388 e. The fraction of sp³-hybridized carbons (Fsp3) is 0.280. The highest BCUT2D eigenvalue weighted by Crippen LogP contribution is 2.45. The second kappa shape index (κ2) is 8.79. The van der Waals surface area contributed by atoms with E-state index in [-0.39, 0.29) is 18.7 Å². The van der Waals surface area contributed by atoms with E-state index in [1.165, 1.54) is 4.90 Å². The van der Waals surface area contributed by atoms with E-state index in [0.717, 1.165) is 17.7 Å². The number of pyridine rings is 3. The van der Waals surface area contributed by atoms with Crippen molar-refractivity contribution >= 4 is 35.2 Å². The molecule has 0 aromatic carbocycles. The lowest BCUT2D eigenvalue weighted by molar-refractivity contribution is -0.727. The SMILES string of the molecule is Cc1ccnc2c1N(C(=O)OC[n+]1cccc(C(=O)N(C)C)c1)C(=O)c1cccnc1N2C1CC1. The van der Waals surface area contributed by atoms with E-state index < -0.39 is 12.0 Å². The average molecular weight is 474 g/mol. The summed E-state index contributed by atoms with van der Waals surface area (Å²) in [6.45, 7) is 1.64. The molecule has 5 rings (SSSR count). The number of carbonyl (C=O) groups is 3. The lowest BCUT2D eigenvalue weighted by Gasteiger charge is -2.25. The molecule has 3 aromatic heterocycles. The zero-order valence-electron chi connectivity index (χ0n) is 19.7. The third kappa shape index (κ3) is 4.07. The van der Waals surface area contributed by atoms with Crippen LogP contribution in [0.3, 0.4) is 0 Å². The van der Waals surface area contributed by atoms with Crippen LogP contribution in [0.25, 0.3) is 0 Å². The fourth-order valence-electron chi connectivity index (χ4n) is 4.10. The van der Waals surface area contributed by atoms with Crippen LogP contribution in [0.15, 0.2) is 55.1 Å². The summed E-state index contributed by atoms with van der Waals surface area (Å²) in [7, 11) is 3.33. The number of aryl methyl sites for hydroxylation is 1. The van der Waals surface area contributed by atoms with Crippen molar-refractivity contribution in [2.75, 3.05) is 23.9 Å². The first-order valence-corrected chi connectivity index (χ1v) is 11.3. The van der Waals surface area contributed by atoms with Gasteiger partial charge in [-0.05, 0) is 49.6 Å². The minimum atomic E-state index is -0.836. The zero-order valence-corrected chi connectivity index (χ0v) is 19.7. The number of carbonyl (C=O) groups excluding carboxylic acids is 3. The molecule has 1 saturated carbocycles. The maximum Gasteiger partial charge on any atom is 0.426 e. The molecule has 2 aliphatic rings. The summed E-state index contributed by atoms with van der Waals surface area (Å²) in [6.07, 6.45) is 7.62. The van der Waals surface area contributed by atoms with E-state index in [1.54, 1.807) is 73.8 Å². The monoisotopic (exact) mass is 473 g/mol. The number of aromatic nitrogens is 3. The normalized spacial score (nSPS) is 14.7. The predicted molar refractivity (Wildman–Crippen MR) is 126 cm³/mol. The Balaban J connectivity index is 1.50. The first kappa shape index (κ1) is 22.5. The van der Waals surface area contributed by atoms with Crippen LogP contribution < -0.4 is 14.4 Å². The van der Waals surface area contributed by atoms with Crippen molar-refractivity contribution in [3.63, 3.8) is 0 Å². The van der Waals surface area contributed by atoms with Gasteiger partial charge in [-0.1, -0.05) is 0 Å². The number of hydrogen-bond donors (Lipinski definition) is 0. The molecule has 10 nitrogen and oxygen atoms in total. The molecule has 0 bridgehead atoms. The lowest BCUT2D eigenvalue weighted by atomic mass is 10.2. The Morgan fingerprint density at radius 1 is 1.11 bits per heavy atom. The number of nitrogens with zero attached hydrogens (tertiary/aromatic N) is 6. The molecule has 10 heteroatoms. The number of anilines is 3. The average Bonchev–Trinajstić information content (AvgIpc) is 3.70. The molecule has 178 valence electrons. The molecule has 3 amide bonds. The molecule has 4 heterocycles. The third-order valence-corrected chi connectivity index (χ3v) is 5.95. The molecule has 35 heavy (non-hydrogen) atoms. The van der Waals surface area contributed by atoms with Gasteiger partial charge in [-0.3, -0.25) is 9.59 Å². The van der Waals surface area contributed by atoms with Gasteiger partial charge in [-0.15, -0.1) is 0 Å². The van der Waals surface area contributed by atoms with Crippen molar-refractivity contribution in [3.8, 4) is 0 Å². The summed E-state index contributed by atoms with van der Waals surface area (Å²) in [4.78, 5) is 52.9. The van der Waals surface area contributed by atoms with E-state index in [2.05, 4.69) is 9.97 Å². The third-order valence-electron chi connectivity index (χ3n) is 5.95. The van der Waals surface area contributed by atoms with Gasteiger partial charge in [-0.25, -0.2) is 19.7 Å². The number of fused-ring (bicyclic) bond motifs is 2. The van der Waals surface area contributed by atoms with Crippen LogP contribution >= 0.6 is 0 Å². The Hall–Kier alpha value is -4.34. The van der Waals surface area contributed by atoms with Gasteiger partial charge in [0.2, 0.25) is 0 Å². The van der Waals surface area contributed by atoms with Crippen LogP contribution in [-0.4, -0.2) is 52.9 Å². The Kier molecular flexibility index (Phi) is 5.64. The number of imide groups is 1. The summed E-state index contributed by atoms with van der Waals surface area (Å²) >= 11 is 0. The van der Waals surface area contributed by atoms with E-state index in [1.807, 2.05) is 11.8 Å². The van der Waals surface area contributed by atoms with Crippen LogP contribution in [0.2, 0.25) is 0 Å².